The van der Waals surface area contributed by atoms with E-state index in [4.69, 9.17) is 0 Å². The Kier molecular flexibility index (Phi) is 5.84. The predicted octanol–water partition coefficient (Wildman–Crippen LogP) is 3.45. The van der Waals surface area contributed by atoms with Gasteiger partial charge in [-0.05, 0) is 41.8 Å². The number of hydrogen-bond acceptors (Lipinski definition) is 3. The fraction of sp³-hybridized carbons (Fsp3) is 0.292. The molecule has 148 valence electrons. The number of benzene rings is 2. The standard InChI is InChI=1S/C24H25N3O2/c28-23(26-15-11-20-8-3-4-14-25-20)19-12-16-27(17-13-19)24(29)22-10-5-7-18-6-1-2-9-21(18)22/h1-10,14,19H,11-13,15-17H2,(H,26,28). The van der Waals surface area contributed by atoms with Gasteiger partial charge >= 0.3 is 0 Å². The number of rotatable bonds is 5. The lowest BCUT2D eigenvalue weighted by Gasteiger charge is -2.31. The normalized spacial score (nSPS) is 14.7. The van der Waals surface area contributed by atoms with E-state index in [1.165, 1.54) is 0 Å². The molecule has 1 aliphatic rings. The van der Waals surface area contributed by atoms with E-state index in [1.807, 2.05) is 65.6 Å². The Hall–Kier alpha value is -3.21. The van der Waals surface area contributed by atoms with Crippen molar-refractivity contribution in [3.8, 4) is 0 Å². The number of fused-ring (bicyclic) bond motifs is 1. The molecule has 4 rings (SSSR count). The molecule has 1 fully saturated rings. The van der Waals surface area contributed by atoms with Crippen molar-refractivity contribution in [2.45, 2.75) is 19.3 Å². The highest BCUT2D eigenvalue weighted by Gasteiger charge is 2.28. The molecule has 0 aliphatic carbocycles. The first-order chi connectivity index (χ1) is 14.2. The van der Waals surface area contributed by atoms with Crippen molar-refractivity contribution in [3.05, 3.63) is 78.1 Å². The third-order valence-electron chi connectivity index (χ3n) is 5.58. The van der Waals surface area contributed by atoms with Crippen LogP contribution in [-0.4, -0.2) is 41.3 Å². The molecule has 1 N–H and O–H groups in total. The summed E-state index contributed by atoms with van der Waals surface area (Å²) in [6.07, 6.45) is 3.89. The number of aromatic nitrogens is 1. The summed E-state index contributed by atoms with van der Waals surface area (Å²) in [5.74, 6) is 0.101. The third kappa shape index (κ3) is 4.45. The average molecular weight is 387 g/mol. The summed E-state index contributed by atoms with van der Waals surface area (Å²) < 4.78 is 0. The number of amides is 2. The highest BCUT2D eigenvalue weighted by atomic mass is 16.2. The van der Waals surface area contributed by atoms with Gasteiger partial charge in [-0.3, -0.25) is 14.6 Å². The summed E-state index contributed by atoms with van der Waals surface area (Å²) in [7, 11) is 0. The van der Waals surface area contributed by atoms with Gasteiger partial charge < -0.3 is 10.2 Å². The van der Waals surface area contributed by atoms with Crippen molar-refractivity contribution in [2.75, 3.05) is 19.6 Å². The Morgan fingerprint density at radius 3 is 2.52 bits per heavy atom. The van der Waals surface area contributed by atoms with Crippen LogP contribution in [0.4, 0.5) is 0 Å². The Morgan fingerprint density at radius 2 is 1.72 bits per heavy atom. The molecule has 1 aliphatic heterocycles. The van der Waals surface area contributed by atoms with Gasteiger partial charge in [-0.15, -0.1) is 0 Å². The molecule has 29 heavy (non-hydrogen) atoms. The van der Waals surface area contributed by atoms with E-state index in [2.05, 4.69) is 10.3 Å². The number of likely N-dealkylation sites (tertiary alicyclic amines) is 1. The third-order valence-corrected chi connectivity index (χ3v) is 5.58. The maximum Gasteiger partial charge on any atom is 0.254 e. The minimum atomic E-state index is -0.0321. The highest BCUT2D eigenvalue weighted by molar-refractivity contribution is 6.07. The lowest BCUT2D eigenvalue weighted by molar-refractivity contribution is -0.126. The summed E-state index contributed by atoms with van der Waals surface area (Å²) in [5, 5.41) is 5.07. The summed E-state index contributed by atoms with van der Waals surface area (Å²) in [5.41, 5.74) is 1.71. The van der Waals surface area contributed by atoms with Gasteiger partial charge in [0, 0.05) is 49.4 Å². The lowest BCUT2D eigenvalue weighted by atomic mass is 9.94. The van der Waals surface area contributed by atoms with Gasteiger partial charge in [0.05, 0.1) is 0 Å². The number of piperidine rings is 1. The summed E-state index contributed by atoms with van der Waals surface area (Å²) in [6.45, 7) is 1.81. The van der Waals surface area contributed by atoms with Gasteiger partial charge in [0.15, 0.2) is 0 Å². The van der Waals surface area contributed by atoms with Gasteiger partial charge in [0.25, 0.3) is 5.91 Å². The molecule has 0 atom stereocenters. The highest BCUT2D eigenvalue weighted by Crippen LogP contribution is 2.23. The monoisotopic (exact) mass is 387 g/mol. The predicted molar refractivity (Wildman–Crippen MR) is 114 cm³/mol. The van der Waals surface area contributed by atoms with Gasteiger partial charge in [-0.1, -0.05) is 42.5 Å². The van der Waals surface area contributed by atoms with Gasteiger partial charge in [-0.2, -0.15) is 0 Å². The van der Waals surface area contributed by atoms with E-state index in [0.717, 1.165) is 28.5 Å². The van der Waals surface area contributed by atoms with Crippen molar-refractivity contribution in [3.63, 3.8) is 0 Å². The summed E-state index contributed by atoms with van der Waals surface area (Å²) >= 11 is 0. The van der Waals surface area contributed by atoms with Gasteiger partial charge in [-0.25, -0.2) is 0 Å². The van der Waals surface area contributed by atoms with E-state index in [9.17, 15) is 9.59 Å². The molecule has 0 bridgehead atoms. The quantitative estimate of drug-likeness (QED) is 0.729. The lowest BCUT2D eigenvalue weighted by Crippen LogP contribution is -2.43. The van der Waals surface area contributed by atoms with Crippen LogP contribution in [0.2, 0.25) is 0 Å². The fourth-order valence-corrected chi connectivity index (χ4v) is 3.93. The second-order valence-corrected chi connectivity index (χ2v) is 7.46. The van der Waals surface area contributed by atoms with Crippen LogP contribution >= 0.6 is 0 Å². The van der Waals surface area contributed by atoms with Crippen molar-refractivity contribution < 1.29 is 9.59 Å². The van der Waals surface area contributed by atoms with Crippen LogP contribution < -0.4 is 5.32 Å². The Labute approximate surface area is 170 Å². The van der Waals surface area contributed by atoms with Crippen LogP contribution in [0.25, 0.3) is 10.8 Å². The van der Waals surface area contributed by atoms with Crippen molar-refractivity contribution in [1.82, 2.24) is 15.2 Å². The summed E-state index contributed by atoms with van der Waals surface area (Å²) in [6, 6.07) is 19.6. The Balaban J connectivity index is 1.30. The maximum atomic E-state index is 13.0. The number of carbonyl (C=O) groups is 2. The first-order valence-electron chi connectivity index (χ1n) is 10.2. The van der Waals surface area contributed by atoms with Gasteiger partial charge in [0.1, 0.15) is 0 Å². The number of nitrogens with zero attached hydrogens (tertiary/aromatic N) is 2. The minimum absolute atomic E-state index is 0.0321. The van der Waals surface area contributed by atoms with E-state index in [1.54, 1.807) is 6.20 Å². The second-order valence-electron chi connectivity index (χ2n) is 7.46. The first kappa shape index (κ1) is 19.1. The zero-order chi connectivity index (χ0) is 20.1. The molecule has 5 heteroatoms. The van der Waals surface area contributed by atoms with Crippen molar-refractivity contribution in [1.29, 1.82) is 0 Å². The molecule has 2 heterocycles. The zero-order valence-electron chi connectivity index (χ0n) is 16.4. The SMILES string of the molecule is O=C(NCCc1ccccn1)C1CCN(C(=O)c2cccc3ccccc23)CC1. The van der Waals surface area contributed by atoms with Crippen LogP contribution in [0, 0.1) is 5.92 Å². The number of nitrogens with one attached hydrogen (secondary N) is 1. The number of pyridine rings is 1. The number of carbonyl (C=O) groups excluding carboxylic acids is 2. The Morgan fingerprint density at radius 1 is 0.966 bits per heavy atom. The molecular weight excluding hydrogens is 362 g/mol. The molecule has 0 spiro atoms. The van der Waals surface area contributed by atoms with Crippen LogP contribution in [0.3, 0.4) is 0 Å². The Bertz CT molecular complexity index is 990. The molecule has 1 saturated heterocycles. The number of hydrogen-bond donors (Lipinski definition) is 1. The summed E-state index contributed by atoms with van der Waals surface area (Å²) in [4.78, 5) is 31.7. The molecule has 0 radical (unpaired) electrons. The van der Waals surface area contributed by atoms with Crippen LogP contribution in [0.1, 0.15) is 28.9 Å². The topological polar surface area (TPSA) is 62.3 Å². The minimum Gasteiger partial charge on any atom is -0.355 e. The zero-order valence-corrected chi connectivity index (χ0v) is 16.4. The fourth-order valence-electron chi connectivity index (χ4n) is 3.93. The molecule has 0 unspecified atom stereocenters. The largest absolute Gasteiger partial charge is 0.355 e. The van der Waals surface area contributed by atoms with Crippen LogP contribution in [0.15, 0.2) is 66.9 Å². The van der Waals surface area contributed by atoms with Crippen molar-refractivity contribution in [2.24, 2.45) is 5.92 Å². The van der Waals surface area contributed by atoms with Crippen molar-refractivity contribution >= 4 is 22.6 Å². The molecule has 2 amide bonds. The first-order valence-corrected chi connectivity index (χ1v) is 10.2. The molecular formula is C24H25N3O2. The molecule has 5 nitrogen and oxygen atoms in total. The molecule has 2 aromatic carbocycles. The maximum absolute atomic E-state index is 13.0. The average Bonchev–Trinajstić information content (AvgIpc) is 2.79. The second kappa shape index (κ2) is 8.86. The smallest absolute Gasteiger partial charge is 0.254 e. The molecule has 1 aromatic heterocycles. The molecule has 0 saturated carbocycles. The van der Waals surface area contributed by atoms with Crippen LogP contribution in [0.5, 0.6) is 0 Å². The molecule has 3 aromatic rings. The van der Waals surface area contributed by atoms with E-state index in [0.29, 0.717) is 32.5 Å². The van der Waals surface area contributed by atoms with E-state index < -0.39 is 0 Å². The van der Waals surface area contributed by atoms with Crippen LogP contribution in [-0.2, 0) is 11.2 Å². The van der Waals surface area contributed by atoms with Gasteiger partial charge in [0.2, 0.25) is 5.91 Å². The van der Waals surface area contributed by atoms with E-state index >= 15 is 0 Å². The van der Waals surface area contributed by atoms with E-state index in [-0.39, 0.29) is 17.7 Å².